The Morgan fingerprint density at radius 3 is 2.56 bits per heavy atom. The first-order valence-electron chi connectivity index (χ1n) is 2.01. The van der Waals surface area contributed by atoms with Gasteiger partial charge in [-0.2, -0.15) is 5.26 Å². The molecule has 0 saturated heterocycles. The summed E-state index contributed by atoms with van der Waals surface area (Å²) in [6.45, 7) is 0. The first-order chi connectivity index (χ1) is 4.41. The first kappa shape index (κ1) is 7.04. The maximum absolute atomic E-state index is 7.87. The van der Waals surface area contributed by atoms with Crippen LogP contribution in [-0.4, -0.2) is 0 Å². The Morgan fingerprint density at radius 2 is 2.00 bits per heavy atom. The molecule has 0 saturated carbocycles. The van der Waals surface area contributed by atoms with Crippen molar-refractivity contribution >= 4 is 0 Å². The van der Waals surface area contributed by atoms with Gasteiger partial charge in [0, 0.05) is 5.92 Å². The van der Waals surface area contributed by atoms with E-state index in [0.717, 1.165) is 0 Å². The van der Waals surface area contributed by atoms with Gasteiger partial charge in [0.25, 0.3) is 0 Å². The van der Waals surface area contributed by atoms with Gasteiger partial charge in [0.15, 0.2) is 0 Å². The predicted octanol–water partition coefficient (Wildman–Crippen LogP) is 0.231. The van der Waals surface area contributed by atoms with E-state index in [2.05, 4.69) is 36.0 Å². The SMILES string of the molecule is C#CC#CC#C[C+]C#N. The fraction of sp³-hybridized carbons (Fsp3) is 0. The summed E-state index contributed by atoms with van der Waals surface area (Å²) in [6, 6.07) is 1.60. The molecule has 0 aromatic rings. The van der Waals surface area contributed by atoms with Crippen molar-refractivity contribution in [3.8, 4) is 42.1 Å². The molecule has 0 aliphatic heterocycles. The molecule has 0 heterocycles. The van der Waals surface area contributed by atoms with Gasteiger partial charge in [0.2, 0.25) is 17.9 Å². The molecule has 0 atom stereocenters. The Hall–Kier alpha value is -1.96. The van der Waals surface area contributed by atoms with Crippen LogP contribution in [0.5, 0.6) is 0 Å². The third kappa shape index (κ3) is 6.04. The van der Waals surface area contributed by atoms with E-state index in [1.165, 1.54) is 0 Å². The van der Waals surface area contributed by atoms with Crippen LogP contribution in [0, 0.1) is 53.8 Å². The van der Waals surface area contributed by atoms with Crippen LogP contribution in [0.2, 0.25) is 0 Å². The summed E-state index contributed by atoms with van der Waals surface area (Å²) < 4.78 is 0. The van der Waals surface area contributed by atoms with Crippen LogP contribution in [0.1, 0.15) is 0 Å². The van der Waals surface area contributed by atoms with Crippen LogP contribution >= 0.6 is 0 Å². The molecule has 0 fully saturated rings. The Balaban J connectivity index is 3.69. The average Bonchev–Trinajstić information content (AvgIpc) is 1.89. The summed E-state index contributed by atoms with van der Waals surface area (Å²) in [5.41, 5.74) is 0. The quantitative estimate of drug-likeness (QED) is 0.324. The molecule has 0 N–H and O–H groups in total. The Bertz CT molecular complexity index is 264. The van der Waals surface area contributed by atoms with Crippen LogP contribution in [0.25, 0.3) is 0 Å². The van der Waals surface area contributed by atoms with Gasteiger partial charge in [0.05, 0.1) is 0 Å². The molecule has 9 heavy (non-hydrogen) atoms. The van der Waals surface area contributed by atoms with Crippen molar-refractivity contribution in [1.82, 2.24) is 0 Å². The second-order valence-electron chi connectivity index (χ2n) is 0.881. The Morgan fingerprint density at radius 1 is 1.22 bits per heavy atom. The molecule has 0 aromatic heterocycles. The molecule has 0 unspecified atom stereocenters. The normalized spacial score (nSPS) is 3.78. The molecule has 0 amide bonds. The van der Waals surface area contributed by atoms with Crippen molar-refractivity contribution in [2.75, 3.05) is 0 Å². The van der Waals surface area contributed by atoms with Gasteiger partial charge in [-0.3, -0.25) is 0 Å². The lowest BCUT2D eigenvalue weighted by molar-refractivity contribution is 1.52. The van der Waals surface area contributed by atoms with E-state index in [-0.39, 0.29) is 0 Å². The highest BCUT2D eigenvalue weighted by atomic mass is 14.2. The van der Waals surface area contributed by atoms with Gasteiger partial charge in [-0.25, -0.2) is 0 Å². The number of hydrogen-bond acceptors (Lipinski definition) is 1. The van der Waals surface area contributed by atoms with Crippen molar-refractivity contribution in [1.29, 1.82) is 5.26 Å². The molecule has 0 aromatic carbocycles. The number of hydrogen-bond donors (Lipinski definition) is 0. The highest BCUT2D eigenvalue weighted by molar-refractivity contribution is 5.36. The first-order valence-corrected chi connectivity index (χ1v) is 2.01. The maximum Gasteiger partial charge on any atom is 0.349 e. The number of terminal acetylenes is 1. The monoisotopic (exact) mass is 111 g/mol. The zero-order valence-corrected chi connectivity index (χ0v) is 4.52. The van der Waals surface area contributed by atoms with Gasteiger partial charge in [-0.15, -0.1) is 6.42 Å². The molecule has 1 heteroatoms. The lowest BCUT2D eigenvalue weighted by Crippen LogP contribution is -1.57. The van der Waals surface area contributed by atoms with E-state index < -0.39 is 0 Å². The summed E-state index contributed by atoms with van der Waals surface area (Å²) in [5, 5.41) is 7.87. The van der Waals surface area contributed by atoms with E-state index in [9.17, 15) is 0 Å². The molecule has 0 bridgehead atoms. The van der Waals surface area contributed by atoms with E-state index >= 15 is 0 Å². The summed E-state index contributed by atoms with van der Waals surface area (Å²) in [4.78, 5) is 0. The fourth-order valence-electron chi connectivity index (χ4n) is 0.158. The number of nitriles is 1. The molecule has 0 rings (SSSR count). The summed E-state index contributed by atoms with van der Waals surface area (Å²) in [7, 11) is 0. The highest BCUT2D eigenvalue weighted by Gasteiger charge is 1.84. The third-order valence-electron chi connectivity index (χ3n) is 0.378. The zero-order valence-electron chi connectivity index (χ0n) is 4.52. The average molecular weight is 111 g/mol. The molecule has 1 radical (unpaired) electrons. The van der Waals surface area contributed by atoms with Crippen molar-refractivity contribution in [2.24, 2.45) is 0 Å². The molecular formula is C8HN+. The van der Waals surface area contributed by atoms with E-state index in [1.807, 2.05) is 0 Å². The molecule has 0 spiro atoms. The summed E-state index contributed by atoms with van der Waals surface area (Å²) in [5.74, 6) is 11.2. The molecular weight excluding hydrogens is 110 g/mol. The van der Waals surface area contributed by atoms with Gasteiger partial charge < -0.3 is 0 Å². The minimum absolute atomic E-state index is 1.60. The summed E-state index contributed by atoms with van der Waals surface area (Å²) in [6.07, 6.45) is 6.85. The van der Waals surface area contributed by atoms with Crippen LogP contribution < -0.4 is 0 Å². The van der Waals surface area contributed by atoms with Crippen molar-refractivity contribution < 1.29 is 0 Å². The zero-order chi connectivity index (χ0) is 6.95. The van der Waals surface area contributed by atoms with E-state index in [1.54, 1.807) is 6.07 Å². The maximum atomic E-state index is 7.87. The van der Waals surface area contributed by atoms with Crippen LogP contribution in [0.15, 0.2) is 0 Å². The second-order valence-corrected chi connectivity index (χ2v) is 0.881. The van der Waals surface area contributed by atoms with Gasteiger partial charge >= 0.3 is 6.42 Å². The minimum Gasteiger partial charge on any atom is -0.165 e. The Kier molecular flexibility index (Phi) is 4.72. The number of rotatable bonds is 0. The third-order valence-corrected chi connectivity index (χ3v) is 0.378. The van der Waals surface area contributed by atoms with Crippen molar-refractivity contribution in [2.45, 2.75) is 0 Å². The van der Waals surface area contributed by atoms with Crippen molar-refractivity contribution in [3.05, 3.63) is 6.42 Å². The molecule has 0 aliphatic rings. The smallest absolute Gasteiger partial charge is 0.165 e. The van der Waals surface area contributed by atoms with Gasteiger partial charge in [0.1, 0.15) is 5.92 Å². The lowest BCUT2D eigenvalue weighted by Gasteiger charge is -1.40. The Labute approximate surface area is 54.7 Å². The summed E-state index contributed by atoms with van der Waals surface area (Å²) >= 11 is 0. The molecule has 0 aliphatic carbocycles. The predicted molar refractivity (Wildman–Crippen MR) is 33.2 cm³/mol. The minimum atomic E-state index is 1.60. The van der Waals surface area contributed by atoms with Crippen LogP contribution in [0.3, 0.4) is 0 Å². The van der Waals surface area contributed by atoms with E-state index in [0.29, 0.717) is 0 Å². The van der Waals surface area contributed by atoms with Crippen molar-refractivity contribution in [3.63, 3.8) is 0 Å². The van der Waals surface area contributed by atoms with Gasteiger partial charge in [-0.05, 0) is 5.92 Å². The molecule has 1 nitrogen and oxygen atoms in total. The van der Waals surface area contributed by atoms with Crippen LogP contribution in [0.4, 0.5) is 0 Å². The van der Waals surface area contributed by atoms with Gasteiger partial charge in [-0.1, -0.05) is 0 Å². The standard InChI is InChI=1S/C8HN/c1-2-3-4-5-6-7-8-9/h1H/q+1. The highest BCUT2D eigenvalue weighted by Crippen LogP contribution is 1.62. The lowest BCUT2D eigenvalue weighted by atomic mass is 10.4. The van der Waals surface area contributed by atoms with Crippen LogP contribution in [-0.2, 0) is 0 Å². The largest absolute Gasteiger partial charge is 0.349 e. The topological polar surface area (TPSA) is 23.8 Å². The van der Waals surface area contributed by atoms with E-state index in [4.69, 9.17) is 11.7 Å². The fourth-order valence-corrected chi connectivity index (χ4v) is 0.158. The number of nitrogens with zero attached hydrogens (tertiary/aromatic N) is 1. The molecule has 37 valence electrons. The second kappa shape index (κ2) is 6.04.